The average Bonchev–Trinajstić information content (AvgIpc) is 3.68. The second-order valence-electron chi connectivity index (χ2n) is 11.1. The summed E-state index contributed by atoms with van der Waals surface area (Å²) in [5.74, 6) is -3.70. The highest BCUT2D eigenvalue weighted by molar-refractivity contribution is 6.31. The van der Waals surface area contributed by atoms with E-state index in [0.29, 0.717) is 15.9 Å². The molecule has 2 atom stereocenters. The number of hydrogen-bond donors (Lipinski definition) is 2. The van der Waals surface area contributed by atoms with Crippen molar-refractivity contribution in [3.8, 4) is 6.07 Å². The molecule has 11 nitrogen and oxygen atoms in total. The molecule has 2 unspecified atom stereocenters. The molecule has 2 N–H and O–H groups in total. The van der Waals surface area contributed by atoms with Crippen LogP contribution in [0, 0.1) is 16.2 Å². The van der Waals surface area contributed by atoms with Gasteiger partial charge in [0.15, 0.2) is 6.04 Å². The number of nitrogens with one attached hydrogen (secondary N) is 2. The molecule has 0 spiro atoms. The van der Waals surface area contributed by atoms with Crippen LogP contribution in [-0.4, -0.2) is 49.8 Å². The molecule has 2 fully saturated rings. The fourth-order valence-electron chi connectivity index (χ4n) is 5.96. The van der Waals surface area contributed by atoms with Gasteiger partial charge >= 0.3 is 6.17 Å². The first-order valence-electron chi connectivity index (χ1n) is 14.5. The highest BCUT2D eigenvalue weighted by Crippen LogP contribution is 2.39. The molecule has 1 aliphatic heterocycles. The van der Waals surface area contributed by atoms with Gasteiger partial charge in [0.25, 0.3) is 5.91 Å². The first kappa shape index (κ1) is 30.1. The summed E-state index contributed by atoms with van der Waals surface area (Å²) in [5.41, 5.74) is 1.74. The minimum atomic E-state index is -2.80. The number of nitroso groups, excluding NO2 is 1. The number of hydrogen-bond acceptors (Lipinski definition) is 6. The van der Waals surface area contributed by atoms with Crippen LogP contribution in [0.2, 0.25) is 5.02 Å². The van der Waals surface area contributed by atoms with E-state index < -0.39 is 30.1 Å². The van der Waals surface area contributed by atoms with Gasteiger partial charge in [-0.25, -0.2) is 23.6 Å². The fraction of sp³-hybridized carbons (Fsp3) is 0.323. The van der Waals surface area contributed by atoms with Crippen LogP contribution in [-0.2, 0) is 9.59 Å². The Kier molecular flexibility index (Phi) is 8.16. The highest BCUT2D eigenvalue weighted by Gasteiger charge is 2.51. The van der Waals surface area contributed by atoms with Crippen molar-refractivity contribution in [2.75, 3.05) is 9.91 Å². The number of para-hydroxylation sites is 1. The lowest BCUT2D eigenvalue weighted by Crippen LogP contribution is -2.54. The normalized spacial score (nSPS) is 18.8. The van der Waals surface area contributed by atoms with Crippen molar-refractivity contribution in [2.45, 2.75) is 62.7 Å². The standard InChI is InChI=1S/C31H27ClF2N8O3/c32-22-5-2-1-4-21(22)29(30(44)39-20-10-13-31(33,34)14-11-20)41(24-7-3-6-23-28(24)38-18-37-23)42(45)26-8-9-27(43)40(26)25-16-19(17-35)12-15-36-25/h1-7,12,15-16,18,20,26,29H,8-11,13-14H2,(H-,37,38,39,44)/p+1. The number of pyridine rings is 1. The van der Waals surface area contributed by atoms with Crippen LogP contribution in [0.4, 0.5) is 20.3 Å². The fourth-order valence-corrected chi connectivity index (χ4v) is 6.20. The molecule has 6 rings (SSSR count). The number of H-pyrrole nitrogens is 1. The largest absolute Gasteiger partial charge is 0.351 e. The van der Waals surface area contributed by atoms with Gasteiger partial charge in [-0.15, -0.1) is 0 Å². The highest BCUT2D eigenvalue weighted by atomic mass is 35.5. The lowest BCUT2D eigenvalue weighted by Gasteiger charge is -2.32. The predicted octanol–water partition coefficient (Wildman–Crippen LogP) is 5.57. The van der Waals surface area contributed by atoms with Gasteiger partial charge in [-0.1, -0.05) is 40.9 Å². The first-order chi connectivity index (χ1) is 21.7. The van der Waals surface area contributed by atoms with Crippen molar-refractivity contribution in [2.24, 2.45) is 0 Å². The molecule has 45 heavy (non-hydrogen) atoms. The number of hydrazine groups is 1. The van der Waals surface area contributed by atoms with E-state index in [9.17, 15) is 28.5 Å². The lowest BCUT2D eigenvalue weighted by atomic mass is 9.91. The summed E-state index contributed by atoms with van der Waals surface area (Å²) in [5, 5.41) is 13.7. The lowest BCUT2D eigenvalue weighted by molar-refractivity contribution is -0.598. The maximum absolute atomic E-state index is 14.8. The monoisotopic (exact) mass is 633 g/mol. The molecule has 1 aliphatic carbocycles. The Labute approximate surface area is 261 Å². The zero-order valence-electron chi connectivity index (χ0n) is 23.9. The number of rotatable bonds is 8. The van der Waals surface area contributed by atoms with E-state index >= 15 is 0 Å². The number of amides is 2. The van der Waals surface area contributed by atoms with E-state index in [-0.39, 0.29) is 72.1 Å². The maximum Gasteiger partial charge on any atom is 0.317 e. The van der Waals surface area contributed by atoms with Crippen molar-refractivity contribution in [3.63, 3.8) is 0 Å². The molecule has 230 valence electrons. The number of nitrogens with zero attached hydrogens (tertiary/aromatic N) is 6. The number of aromatic nitrogens is 3. The number of aromatic amines is 1. The molecule has 14 heteroatoms. The maximum atomic E-state index is 14.8. The molecule has 1 saturated carbocycles. The van der Waals surface area contributed by atoms with E-state index in [1.165, 1.54) is 34.6 Å². The zero-order chi connectivity index (χ0) is 31.7. The van der Waals surface area contributed by atoms with E-state index in [2.05, 4.69) is 20.3 Å². The van der Waals surface area contributed by atoms with E-state index in [0.717, 1.165) is 0 Å². The minimum Gasteiger partial charge on any atom is -0.351 e. The smallest absolute Gasteiger partial charge is 0.317 e. The Hall–Kier alpha value is -4.96. The molecule has 2 aliphatic rings. The molecule has 2 amide bonds. The van der Waals surface area contributed by atoms with E-state index in [1.54, 1.807) is 42.5 Å². The Morgan fingerprint density at radius 3 is 2.69 bits per heavy atom. The Bertz CT molecular complexity index is 1820. The quantitative estimate of drug-likeness (QED) is 0.191. The number of benzene rings is 2. The average molecular weight is 634 g/mol. The van der Waals surface area contributed by atoms with Gasteiger partial charge in [-0.05, 0) is 43.2 Å². The third kappa shape index (κ3) is 5.93. The number of fused-ring (bicyclic) bond motifs is 1. The number of carbonyl (C=O) groups is 2. The van der Waals surface area contributed by atoms with Crippen molar-refractivity contribution in [1.29, 1.82) is 5.26 Å². The van der Waals surface area contributed by atoms with Crippen molar-refractivity contribution >= 4 is 46.0 Å². The van der Waals surface area contributed by atoms with Crippen LogP contribution in [0.5, 0.6) is 0 Å². The van der Waals surface area contributed by atoms with Crippen LogP contribution in [0.15, 0.2) is 67.1 Å². The number of alkyl halides is 2. The van der Waals surface area contributed by atoms with Gasteiger partial charge in [0.2, 0.25) is 11.8 Å². The molecule has 2 aromatic heterocycles. The number of imidazole rings is 1. The third-order valence-electron chi connectivity index (χ3n) is 8.20. The molecule has 1 saturated heterocycles. The molecule has 4 aromatic rings. The first-order valence-corrected chi connectivity index (χ1v) is 14.8. The predicted molar refractivity (Wildman–Crippen MR) is 161 cm³/mol. The molecular weight excluding hydrogens is 606 g/mol. The Balaban J connectivity index is 1.48. The number of halogens is 3. The Morgan fingerprint density at radius 2 is 1.93 bits per heavy atom. The van der Waals surface area contributed by atoms with E-state index in [4.69, 9.17) is 11.6 Å². The van der Waals surface area contributed by atoms with Crippen LogP contribution < -0.4 is 15.2 Å². The van der Waals surface area contributed by atoms with Gasteiger partial charge in [-0.3, -0.25) is 9.59 Å². The van der Waals surface area contributed by atoms with Crippen LogP contribution in [0.3, 0.4) is 0 Å². The van der Waals surface area contributed by atoms with Gasteiger partial charge in [0.1, 0.15) is 21.9 Å². The number of anilines is 2. The van der Waals surface area contributed by atoms with E-state index in [1.807, 2.05) is 6.07 Å². The molecule has 2 aromatic carbocycles. The van der Waals surface area contributed by atoms with Crippen LogP contribution in [0.1, 0.15) is 55.7 Å². The topological polar surface area (TPSA) is 138 Å². The van der Waals surface area contributed by atoms with Crippen LogP contribution in [0.25, 0.3) is 11.0 Å². The van der Waals surface area contributed by atoms with Crippen molar-refractivity contribution in [3.05, 3.63) is 88.2 Å². The number of carbonyl (C=O) groups excluding carboxylic acids is 2. The summed E-state index contributed by atoms with van der Waals surface area (Å²) in [7, 11) is 0. The molecular formula is C31H28ClF2N8O3+. The summed E-state index contributed by atoms with van der Waals surface area (Å²) in [6, 6.07) is 14.6. The van der Waals surface area contributed by atoms with Crippen molar-refractivity contribution in [1.82, 2.24) is 20.3 Å². The molecule has 0 radical (unpaired) electrons. The van der Waals surface area contributed by atoms with Crippen LogP contribution >= 0.6 is 11.6 Å². The summed E-state index contributed by atoms with van der Waals surface area (Å²) < 4.78 is 27.9. The summed E-state index contributed by atoms with van der Waals surface area (Å²) in [6.07, 6.45) is 1.16. The second-order valence-corrected chi connectivity index (χ2v) is 11.5. The van der Waals surface area contributed by atoms with Gasteiger partial charge in [-0.2, -0.15) is 5.26 Å². The molecule has 0 bridgehead atoms. The SMILES string of the molecule is N#Cc1ccnc(N2C(=O)CCC2[N+](=O)N(c2cccc3[nH]cnc23)C(C(=O)NC2CCC(F)(F)CC2)c2ccccc2Cl)c1. The van der Waals surface area contributed by atoms with Gasteiger partial charge < -0.3 is 10.3 Å². The Morgan fingerprint density at radius 1 is 1.16 bits per heavy atom. The molecule has 3 heterocycles. The van der Waals surface area contributed by atoms with Gasteiger partial charge in [0, 0.05) is 48.5 Å². The minimum absolute atomic E-state index is 0.0154. The second kappa shape index (κ2) is 12.2. The van der Waals surface area contributed by atoms with Gasteiger partial charge in [0.05, 0.1) is 28.4 Å². The zero-order valence-corrected chi connectivity index (χ0v) is 24.6. The third-order valence-corrected chi connectivity index (χ3v) is 8.55. The van der Waals surface area contributed by atoms with Crippen molar-refractivity contribution < 1.29 is 23.2 Å². The summed E-state index contributed by atoms with van der Waals surface area (Å²) >= 11 is 6.66. The summed E-state index contributed by atoms with van der Waals surface area (Å²) in [4.78, 5) is 55.8. The number of nitriles is 1. The summed E-state index contributed by atoms with van der Waals surface area (Å²) in [6.45, 7) is 0.